The molecule has 0 aliphatic heterocycles. The van der Waals surface area contributed by atoms with Gasteiger partial charge in [-0.1, -0.05) is 77.6 Å². The SMILES string of the molecule is CCCCCCCCCCCCC[CH]OCCOCCO. The maximum atomic E-state index is 8.52. The van der Waals surface area contributed by atoms with Gasteiger partial charge in [-0.3, -0.25) is 0 Å². The van der Waals surface area contributed by atoms with E-state index in [2.05, 4.69) is 6.92 Å². The number of aliphatic hydroxyl groups excluding tert-OH is 1. The average Bonchev–Trinajstić information content (AvgIpc) is 2.50. The van der Waals surface area contributed by atoms with Gasteiger partial charge in [0.2, 0.25) is 0 Å². The number of unbranched alkanes of at least 4 members (excludes halogenated alkanes) is 11. The lowest BCUT2D eigenvalue weighted by Gasteiger charge is -2.04. The molecule has 3 nitrogen and oxygen atoms in total. The molecule has 0 spiro atoms. The minimum Gasteiger partial charge on any atom is -0.394 e. The van der Waals surface area contributed by atoms with Crippen LogP contribution < -0.4 is 0 Å². The van der Waals surface area contributed by atoms with Crippen LogP contribution in [0.5, 0.6) is 0 Å². The van der Waals surface area contributed by atoms with Crippen LogP contribution >= 0.6 is 0 Å². The van der Waals surface area contributed by atoms with Gasteiger partial charge >= 0.3 is 0 Å². The van der Waals surface area contributed by atoms with Gasteiger partial charge in [0.1, 0.15) is 0 Å². The van der Waals surface area contributed by atoms with Gasteiger partial charge in [-0.15, -0.1) is 0 Å². The third kappa shape index (κ3) is 19.9. The van der Waals surface area contributed by atoms with E-state index in [1.165, 1.54) is 70.6 Å². The fourth-order valence-electron chi connectivity index (χ4n) is 2.33. The molecule has 0 aromatic heterocycles. The van der Waals surface area contributed by atoms with Crippen molar-refractivity contribution in [2.45, 2.75) is 84.0 Å². The van der Waals surface area contributed by atoms with E-state index in [1.807, 2.05) is 6.61 Å². The molecule has 1 radical (unpaired) electrons. The minimum atomic E-state index is 0.0858. The predicted molar refractivity (Wildman–Crippen MR) is 89.2 cm³/mol. The summed E-state index contributed by atoms with van der Waals surface area (Å²) in [6.07, 6.45) is 16.2. The Bertz CT molecular complexity index is 156. The maximum Gasteiger partial charge on any atom is 0.0837 e. The number of hydrogen-bond donors (Lipinski definition) is 1. The number of aliphatic hydroxyl groups is 1. The molecular formula is C18H37O3. The monoisotopic (exact) mass is 301 g/mol. The molecule has 0 heterocycles. The Kier molecular flexibility index (Phi) is 19.8. The summed E-state index contributed by atoms with van der Waals surface area (Å²) in [5.74, 6) is 0. The van der Waals surface area contributed by atoms with E-state index < -0.39 is 0 Å². The molecule has 21 heavy (non-hydrogen) atoms. The molecule has 0 rings (SSSR count). The maximum absolute atomic E-state index is 8.52. The lowest BCUT2D eigenvalue weighted by Crippen LogP contribution is -2.06. The standard InChI is InChI=1S/C18H37O3/c1-2-3-4-5-6-7-8-9-10-11-12-13-15-20-17-18-21-16-14-19/h15,19H,2-14,16-18H2,1H3. The molecule has 0 aromatic carbocycles. The third-order valence-electron chi connectivity index (χ3n) is 3.62. The van der Waals surface area contributed by atoms with Crippen LogP contribution in [-0.4, -0.2) is 31.5 Å². The van der Waals surface area contributed by atoms with Gasteiger partial charge in [0.25, 0.3) is 0 Å². The van der Waals surface area contributed by atoms with Crippen LogP contribution in [0.15, 0.2) is 0 Å². The van der Waals surface area contributed by atoms with Crippen molar-refractivity contribution in [1.29, 1.82) is 0 Å². The van der Waals surface area contributed by atoms with Crippen LogP contribution in [0, 0.1) is 6.61 Å². The van der Waals surface area contributed by atoms with Crippen LogP contribution in [0.3, 0.4) is 0 Å². The van der Waals surface area contributed by atoms with E-state index in [9.17, 15) is 0 Å². The third-order valence-corrected chi connectivity index (χ3v) is 3.62. The summed E-state index contributed by atoms with van der Waals surface area (Å²) < 4.78 is 10.4. The number of ether oxygens (including phenoxy) is 2. The summed E-state index contributed by atoms with van der Waals surface area (Å²) in [4.78, 5) is 0. The van der Waals surface area contributed by atoms with Crippen LogP contribution in [0.1, 0.15) is 84.0 Å². The van der Waals surface area contributed by atoms with Crippen LogP contribution in [0.25, 0.3) is 0 Å². The summed E-state index contributed by atoms with van der Waals surface area (Å²) in [7, 11) is 0. The lowest BCUT2D eigenvalue weighted by atomic mass is 10.1. The Morgan fingerprint density at radius 2 is 1.29 bits per heavy atom. The highest BCUT2D eigenvalue weighted by Crippen LogP contribution is 2.12. The highest BCUT2D eigenvalue weighted by molar-refractivity contribution is 4.53. The molecular weight excluding hydrogens is 264 g/mol. The first-order valence-electron chi connectivity index (χ1n) is 9.03. The number of rotatable bonds is 18. The molecule has 0 bridgehead atoms. The molecule has 0 aliphatic rings. The smallest absolute Gasteiger partial charge is 0.0837 e. The number of hydrogen-bond acceptors (Lipinski definition) is 3. The van der Waals surface area contributed by atoms with Gasteiger partial charge in [-0.05, 0) is 6.42 Å². The lowest BCUT2D eigenvalue weighted by molar-refractivity contribution is 0.0495. The van der Waals surface area contributed by atoms with Crippen molar-refractivity contribution in [2.75, 3.05) is 26.4 Å². The van der Waals surface area contributed by atoms with Crippen molar-refractivity contribution >= 4 is 0 Å². The van der Waals surface area contributed by atoms with E-state index in [0.29, 0.717) is 19.8 Å². The molecule has 3 heteroatoms. The first kappa shape index (κ1) is 20.9. The van der Waals surface area contributed by atoms with E-state index >= 15 is 0 Å². The van der Waals surface area contributed by atoms with E-state index in [1.54, 1.807) is 0 Å². The predicted octanol–water partition coefficient (Wildman–Crippen LogP) is 4.87. The van der Waals surface area contributed by atoms with Crippen LogP contribution in [0.2, 0.25) is 0 Å². The van der Waals surface area contributed by atoms with Gasteiger partial charge in [0.15, 0.2) is 0 Å². The Hall–Kier alpha value is -0.120. The first-order valence-corrected chi connectivity index (χ1v) is 9.03. The Morgan fingerprint density at radius 3 is 1.86 bits per heavy atom. The van der Waals surface area contributed by atoms with Gasteiger partial charge in [0, 0.05) is 0 Å². The topological polar surface area (TPSA) is 38.7 Å². The second-order valence-electron chi connectivity index (χ2n) is 5.70. The molecule has 0 saturated carbocycles. The molecule has 0 amide bonds. The summed E-state index contributed by atoms with van der Waals surface area (Å²) >= 11 is 0. The second kappa shape index (κ2) is 19.9. The van der Waals surface area contributed by atoms with Gasteiger partial charge in [0.05, 0.1) is 33.0 Å². The zero-order valence-electron chi connectivity index (χ0n) is 14.2. The summed E-state index contributed by atoms with van der Waals surface area (Å²) in [5, 5.41) is 8.52. The molecule has 127 valence electrons. The van der Waals surface area contributed by atoms with Crippen molar-refractivity contribution in [3.8, 4) is 0 Å². The fraction of sp³-hybridized carbons (Fsp3) is 0.944. The summed E-state index contributed by atoms with van der Waals surface area (Å²) in [5.41, 5.74) is 0. The van der Waals surface area contributed by atoms with E-state index in [0.717, 1.165) is 6.42 Å². The Morgan fingerprint density at radius 1 is 0.714 bits per heavy atom. The summed E-state index contributed by atoms with van der Waals surface area (Å²) in [6.45, 7) is 5.82. The van der Waals surface area contributed by atoms with Gasteiger partial charge < -0.3 is 14.6 Å². The molecule has 0 aromatic rings. The molecule has 0 atom stereocenters. The Labute approximate surface area is 132 Å². The van der Waals surface area contributed by atoms with Crippen molar-refractivity contribution in [2.24, 2.45) is 0 Å². The Balaban J connectivity index is 2.90. The molecule has 0 aliphatic carbocycles. The van der Waals surface area contributed by atoms with Crippen LogP contribution in [0.4, 0.5) is 0 Å². The van der Waals surface area contributed by atoms with Crippen molar-refractivity contribution in [1.82, 2.24) is 0 Å². The second-order valence-corrected chi connectivity index (χ2v) is 5.70. The fourth-order valence-corrected chi connectivity index (χ4v) is 2.33. The highest BCUT2D eigenvalue weighted by Gasteiger charge is 1.94. The molecule has 0 fully saturated rings. The van der Waals surface area contributed by atoms with Crippen molar-refractivity contribution < 1.29 is 14.6 Å². The van der Waals surface area contributed by atoms with Crippen molar-refractivity contribution in [3.63, 3.8) is 0 Å². The largest absolute Gasteiger partial charge is 0.394 e. The molecule has 0 unspecified atom stereocenters. The first-order chi connectivity index (χ1) is 10.4. The molecule has 1 N–H and O–H groups in total. The van der Waals surface area contributed by atoms with Gasteiger partial charge in [-0.2, -0.15) is 0 Å². The zero-order chi connectivity index (χ0) is 15.4. The van der Waals surface area contributed by atoms with E-state index in [4.69, 9.17) is 14.6 Å². The quantitative estimate of drug-likeness (QED) is 0.367. The zero-order valence-corrected chi connectivity index (χ0v) is 14.2. The van der Waals surface area contributed by atoms with E-state index in [-0.39, 0.29) is 6.61 Å². The molecule has 0 saturated heterocycles. The van der Waals surface area contributed by atoms with Crippen LogP contribution in [-0.2, 0) is 9.47 Å². The normalized spacial score (nSPS) is 11.1. The highest BCUT2D eigenvalue weighted by atomic mass is 16.5. The summed E-state index contributed by atoms with van der Waals surface area (Å²) in [6, 6.07) is 0. The average molecular weight is 301 g/mol. The van der Waals surface area contributed by atoms with Crippen molar-refractivity contribution in [3.05, 3.63) is 6.61 Å². The minimum absolute atomic E-state index is 0.0858. The van der Waals surface area contributed by atoms with Gasteiger partial charge in [-0.25, -0.2) is 0 Å².